The molecule has 0 bridgehead atoms. The van der Waals surface area contributed by atoms with Gasteiger partial charge in [0.15, 0.2) is 6.61 Å². The molecule has 0 aliphatic carbocycles. The number of methoxy groups -OCH3 is 1. The lowest BCUT2D eigenvalue weighted by molar-refractivity contribution is -0.124. The fourth-order valence-corrected chi connectivity index (χ4v) is 4.11. The molecule has 0 aliphatic rings. The first-order valence-electron chi connectivity index (χ1n) is 9.30. The summed E-state index contributed by atoms with van der Waals surface area (Å²) in [5, 5.41) is 3.57. The summed E-state index contributed by atoms with van der Waals surface area (Å²) in [6, 6.07) is 11.5. The van der Waals surface area contributed by atoms with Gasteiger partial charge in [0, 0.05) is 23.8 Å². The molecule has 1 aromatic carbocycles. The Balaban J connectivity index is 1.55. The number of esters is 1. The third-order valence-corrected chi connectivity index (χ3v) is 5.87. The van der Waals surface area contributed by atoms with E-state index in [2.05, 4.69) is 5.32 Å². The van der Waals surface area contributed by atoms with E-state index in [1.165, 1.54) is 11.3 Å². The highest BCUT2D eigenvalue weighted by Gasteiger charge is 2.22. The van der Waals surface area contributed by atoms with Gasteiger partial charge in [0.1, 0.15) is 10.8 Å². The van der Waals surface area contributed by atoms with E-state index in [1.807, 2.05) is 67.2 Å². The maximum absolute atomic E-state index is 12.7. The summed E-state index contributed by atoms with van der Waals surface area (Å²) in [6.07, 6.45) is 4.39. The second-order valence-electron chi connectivity index (χ2n) is 6.54. The van der Waals surface area contributed by atoms with Crippen LogP contribution in [0.3, 0.4) is 0 Å². The zero-order valence-corrected chi connectivity index (χ0v) is 17.5. The molecule has 3 aromatic rings. The lowest BCUT2D eigenvalue weighted by Gasteiger charge is -2.10. The van der Waals surface area contributed by atoms with Crippen molar-refractivity contribution in [3.05, 3.63) is 70.4 Å². The molecule has 7 heteroatoms. The Kier molecular flexibility index (Phi) is 6.72. The van der Waals surface area contributed by atoms with Crippen LogP contribution in [0.4, 0.5) is 0 Å². The molecule has 152 valence electrons. The number of aromatic nitrogens is 1. The second-order valence-corrected chi connectivity index (χ2v) is 7.74. The molecule has 0 atom stereocenters. The van der Waals surface area contributed by atoms with Gasteiger partial charge in [-0.3, -0.25) is 4.79 Å². The molecule has 0 saturated carbocycles. The van der Waals surface area contributed by atoms with Crippen molar-refractivity contribution in [3.63, 3.8) is 0 Å². The molecular formula is C22H24N2O4S. The zero-order chi connectivity index (χ0) is 20.8. The number of para-hydroxylation sites is 1. The number of amides is 1. The standard InChI is InChI=1S/C22H24N2O4S/c1-15-16(2)29-21(24-12-6-7-13-24)20(15)22(26)28-14-19(25)23-11-10-17-8-4-5-9-18(17)27-3/h4-9,12-13H,10-11,14H2,1-3H3,(H,23,25). The molecule has 6 nitrogen and oxygen atoms in total. The van der Waals surface area contributed by atoms with E-state index in [0.29, 0.717) is 18.5 Å². The Morgan fingerprint density at radius 3 is 2.55 bits per heavy atom. The summed E-state index contributed by atoms with van der Waals surface area (Å²) in [6.45, 7) is 3.98. The lowest BCUT2D eigenvalue weighted by Crippen LogP contribution is -2.30. The maximum atomic E-state index is 12.7. The van der Waals surface area contributed by atoms with E-state index in [9.17, 15) is 9.59 Å². The van der Waals surface area contributed by atoms with Crippen molar-refractivity contribution in [2.45, 2.75) is 20.3 Å². The van der Waals surface area contributed by atoms with Crippen LogP contribution in [0.25, 0.3) is 5.00 Å². The molecule has 1 N–H and O–H groups in total. The highest BCUT2D eigenvalue weighted by Crippen LogP contribution is 2.31. The number of hydrogen-bond acceptors (Lipinski definition) is 5. The van der Waals surface area contributed by atoms with Crippen molar-refractivity contribution in [1.82, 2.24) is 9.88 Å². The van der Waals surface area contributed by atoms with Crippen LogP contribution in [-0.4, -0.2) is 36.7 Å². The molecule has 0 fully saturated rings. The van der Waals surface area contributed by atoms with Gasteiger partial charge in [0.25, 0.3) is 5.91 Å². The topological polar surface area (TPSA) is 69.6 Å². The van der Waals surface area contributed by atoms with Crippen LogP contribution in [-0.2, 0) is 16.0 Å². The third-order valence-electron chi connectivity index (χ3n) is 4.65. The average Bonchev–Trinajstić information content (AvgIpc) is 3.35. The highest BCUT2D eigenvalue weighted by atomic mass is 32.1. The number of nitrogens with one attached hydrogen (secondary N) is 1. The first-order chi connectivity index (χ1) is 14.0. The number of aryl methyl sites for hydroxylation is 1. The fraction of sp³-hybridized carbons (Fsp3) is 0.273. The Labute approximate surface area is 174 Å². The van der Waals surface area contributed by atoms with E-state index >= 15 is 0 Å². The van der Waals surface area contributed by atoms with Crippen molar-refractivity contribution in [2.75, 3.05) is 20.3 Å². The third kappa shape index (κ3) is 4.86. The first kappa shape index (κ1) is 20.7. The largest absolute Gasteiger partial charge is 0.496 e. The lowest BCUT2D eigenvalue weighted by atomic mass is 10.1. The average molecular weight is 413 g/mol. The van der Waals surface area contributed by atoms with E-state index in [1.54, 1.807) is 7.11 Å². The van der Waals surface area contributed by atoms with Gasteiger partial charge in [0.2, 0.25) is 0 Å². The van der Waals surface area contributed by atoms with E-state index in [-0.39, 0.29) is 12.5 Å². The minimum Gasteiger partial charge on any atom is -0.496 e. The number of carbonyl (C=O) groups excluding carboxylic acids is 2. The predicted molar refractivity (Wildman–Crippen MR) is 113 cm³/mol. The number of hydrogen-bond donors (Lipinski definition) is 1. The molecule has 29 heavy (non-hydrogen) atoms. The van der Waals surface area contributed by atoms with Gasteiger partial charge in [-0.25, -0.2) is 4.79 Å². The summed E-state index contributed by atoms with van der Waals surface area (Å²) < 4.78 is 12.5. The molecule has 3 rings (SSSR count). The van der Waals surface area contributed by atoms with Gasteiger partial charge >= 0.3 is 5.97 Å². The molecule has 0 unspecified atom stereocenters. The molecule has 0 aliphatic heterocycles. The maximum Gasteiger partial charge on any atom is 0.341 e. The SMILES string of the molecule is COc1ccccc1CCNC(=O)COC(=O)c1c(-n2cccc2)sc(C)c1C. The Morgan fingerprint density at radius 1 is 1.10 bits per heavy atom. The van der Waals surface area contributed by atoms with Gasteiger partial charge in [-0.1, -0.05) is 18.2 Å². The minimum atomic E-state index is -0.490. The van der Waals surface area contributed by atoms with E-state index < -0.39 is 5.97 Å². The number of rotatable bonds is 8. The van der Waals surface area contributed by atoms with Crippen molar-refractivity contribution in [1.29, 1.82) is 0 Å². The molecule has 2 heterocycles. The van der Waals surface area contributed by atoms with Crippen LogP contribution in [0.2, 0.25) is 0 Å². The van der Waals surface area contributed by atoms with Crippen LogP contribution in [0.5, 0.6) is 5.75 Å². The van der Waals surface area contributed by atoms with Gasteiger partial charge < -0.3 is 19.4 Å². The zero-order valence-electron chi connectivity index (χ0n) is 16.7. The highest BCUT2D eigenvalue weighted by molar-refractivity contribution is 7.15. The number of carbonyl (C=O) groups is 2. The van der Waals surface area contributed by atoms with Crippen LogP contribution in [0.15, 0.2) is 48.8 Å². The quantitative estimate of drug-likeness (QED) is 0.573. The Hall–Kier alpha value is -3.06. The van der Waals surface area contributed by atoms with Crippen molar-refractivity contribution >= 4 is 23.2 Å². The van der Waals surface area contributed by atoms with Crippen molar-refractivity contribution in [3.8, 4) is 10.8 Å². The summed E-state index contributed by atoms with van der Waals surface area (Å²) in [5.41, 5.74) is 2.39. The van der Waals surface area contributed by atoms with E-state index in [0.717, 1.165) is 26.8 Å². The van der Waals surface area contributed by atoms with Crippen LogP contribution in [0.1, 0.15) is 26.4 Å². The number of ether oxygens (including phenoxy) is 2. The van der Waals surface area contributed by atoms with Crippen molar-refractivity contribution < 1.29 is 19.1 Å². The first-order valence-corrected chi connectivity index (χ1v) is 10.1. The van der Waals surface area contributed by atoms with Crippen LogP contribution in [0, 0.1) is 13.8 Å². The Morgan fingerprint density at radius 2 is 1.83 bits per heavy atom. The van der Waals surface area contributed by atoms with Gasteiger partial charge in [-0.15, -0.1) is 11.3 Å². The second kappa shape index (κ2) is 9.43. The van der Waals surface area contributed by atoms with Gasteiger partial charge in [0.05, 0.1) is 12.7 Å². The fourth-order valence-electron chi connectivity index (χ4n) is 3.00. The molecule has 0 spiro atoms. The van der Waals surface area contributed by atoms with E-state index in [4.69, 9.17) is 9.47 Å². The molecular weight excluding hydrogens is 388 g/mol. The van der Waals surface area contributed by atoms with Gasteiger partial charge in [-0.2, -0.15) is 0 Å². The molecule has 0 radical (unpaired) electrons. The number of nitrogens with zero attached hydrogens (tertiary/aromatic N) is 1. The Bertz CT molecular complexity index is 992. The van der Waals surface area contributed by atoms with Crippen LogP contribution < -0.4 is 10.1 Å². The number of benzene rings is 1. The molecule has 0 saturated heterocycles. The summed E-state index contributed by atoms with van der Waals surface area (Å²) in [7, 11) is 1.62. The summed E-state index contributed by atoms with van der Waals surface area (Å²) >= 11 is 1.53. The van der Waals surface area contributed by atoms with Crippen molar-refractivity contribution in [2.24, 2.45) is 0 Å². The smallest absolute Gasteiger partial charge is 0.341 e. The summed E-state index contributed by atoms with van der Waals surface area (Å²) in [4.78, 5) is 25.8. The normalized spacial score (nSPS) is 10.6. The minimum absolute atomic E-state index is 0.315. The van der Waals surface area contributed by atoms with Crippen LogP contribution >= 0.6 is 11.3 Å². The predicted octanol–water partition coefficient (Wildman–Crippen LogP) is 3.68. The summed E-state index contributed by atoms with van der Waals surface area (Å²) in [5.74, 6) is -0.0372. The molecule has 1 amide bonds. The van der Waals surface area contributed by atoms with Gasteiger partial charge in [-0.05, 0) is 49.6 Å². The number of thiophene rings is 1. The molecule has 2 aromatic heterocycles. The monoisotopic (exact) mass is 412 g/mol.